The molecule has 0 radical (unpaired) electrons. The first kappa shape index (κ1) is 13.4. The molecule has 98 valence electrons. The van der Waals surface area contributed by atoms with Crippen LogP contribution in [0.1, 0.15) is 10.4 Å². The van der Waals surface area contributed by atoms with Gasteiger partial charge in [-0.1, -0.05) is 11.6 Å². The number of nitrogens with zero attached hydrogens (tertiary/aromatic N) is 2. The Morgan fingerprint density at radius 1 is 1.42 bits per heavy atom. The molecule has 19 heavy (non-hydrogen) atoms. The van der Waals surface area contributed by atoms with Crippen LogP contribution in [0.3, 0.4) is 0 Å². The molecule has 0 aliphatic heterocycles. The van der Waals surface area contributed by atoms with Crippen molar-refractivity contribution in [3.8, 4) is 5.75 Å². The van der Waals surface area contributed by atoms with Crippen molar-refractivity contribution in [3.05, 3.63) is 35.0 Å². The van der Waals surface area contributed by atoms with Gasteiger partial charge in [-0.05, 0) is 18.9 Å². The fourth-order valence-corrected chi connectivity index (χ4v) is 1.74. The minimum atomic E-state index is -2.97. The number of benzene rings is 1. The summed E-state index contributed by atoms with van der Waals surface area (Å²) in [5.74, 6) is -0.698. The maximum Gasteiger partial charge on any atom is 0.387 e. The SMILES string of the molecule is C=NC(=O)c1cnc2cc(OC(F)F)c(Cl)cc2c1. The number of pyridine rings is 1. The van der Waals surface area contributed by atoms with Crippen molar-refractivity contribution in [1.82, 2.24) is 4.98 Å². The maximum atomic E-state index is 12.2. The molecule has 1 amide bonds. The third kappa shape index (κ3) is 2.85. The first-order valence-corrected chi connectivity index (χ1v) is 5.44. The molecule has 2 aromatic rings. The van der Waals surface area contributed by atoms with Gasteiger partial charge in [-0.15, -0.1) is 0 Å². The zero-order valence-corrected chi connectivity index (χ0v) is 10.2. The van der Waals surface area contributed by atoms with Crippen molar-refractivity contribution in [3.63, 3.8) is 0 Å². The van der Waals surface area contributed by atoms with E-state index in [0.29, 0.717) is 10.9 Å². The van der Waals surface area contributed by atoms with Gasteiger partial charge in [-0.25, -0.2) is 4.99 Å². The fraction of sp³-hybridized carbons (Fsp3) is 0.0833. The summed E-state index contributed by atoms with van der Waals surface area (Å²) in [5.41, 5.74) is 0.613. The molecule has 1 aromatic carbocycles. The summed E-state index contributed by atoms with van der Waals surface area (Å²) in [6.07, 6.45) is 1.28. The molecule has 2 rings (SSSR count). The van der Waals surface area contributed by atoms with Crippen LogP contribution in [0.25, 0.3) is 10.9 Å². The molecular weight excluding hydrogens is 278 g/mol. The highest BCUT2D eigenvalue weighted by molar-refractivity contribution is 6.32. The van der Waals surface area contributed by atoms with Gasteiger partial charge in [-0.3, -0.25) is 9.78 Å². The standard InChI is InChI=1S/C12H7ClF2N2O2/c1-16-11(18)7-2-6-3-8(13)10(19-12(14)15)4-9(6)17-5-7/h2-5,12H,1H2. The topological polar surface area (TPSA) is 51.5 Å². The number of aliphatic imine (C=N–C) groups is 1. The monoisotopic (exact) mass is 284 g/mol. The van der Waals surface area contributed by atoms with Gasteiger partial charge in [0, 0.05) is 17.6 Å². The van der Waals surface area contributed by atoms with Crippen molar-refractivity contribution in [1.29, 1.82) is 0 Å². The second kappa shape index (κ2) is 5.27. The second-order valence-corrected chi connectivity index (χ2v) is 3.95. The van der Waals surface area contributed by atoms with Gasteiger partial charge < -0.3 is 4.74 Å². The Balaban J connectivity index is 2.51. The van der Waals surface area contributed by atoms with E-state index in [4.69, 9.17) is 11.6 Å². The maximum absolute atomic E-state index is 12.2. The van der Waals surface area contributed by atoms with E-state index in [0.717, 1.165) is 0 Å². The Bertz CT molecular complexity index is 661. The lowest BCUT2D eigenvalue weighted by atomic mass is 10.1. The number of hydrogen-bond donors (Lipinski definition) is 0. The molecule has 0 saturated heterocycles. The third-order valence-corrected chi connectivity index (χ3v) is 2.64. The lowest BCUT2D eigenvalue weighted by Crippen LogP contribution is -2.02. The summed E-state index contributed by atoms with van der Waals surface area (Å²) >= 11 is 5.81. The number of ether oxygens (including phenoxy) is 1. The highest BCUT2D eigenvalue weighted by atomic mass is 35.5. The number of carbonyl (C=O) groups is 1. The number of carbonyl (C=O) groups excluding carboxylic acids is 1. The zero-order chi connectivity index (χ0) is 14.0. The van der Waals surface area contributed by atoms with Gasteiger partial charge in [0.05, 0.1) is 16.1 Å². The molecule has 0 saturated carbocycles. The highest BCUT2D eigenvalue weighted by Gasteiger charge is 2.12. The number of fused-ring (bicyclic) bond motifs is 1. The summed E-state index contributed by atoms with van der Waals surface area (Å²) in [4.78, 5) is 18.6. The first-order valence-electron chi connectivity index (χ1n) is 5.06. The van der Waals surface area contributed by atoms with Gasteiger partial charge in [0.2, 0.25) is 0 Å². The van der Waals surface area contributed by atoms with E-state index in [1.165, 1.54) is 24.4 Å². The molecular formula is C12H7ClF2N2O2. The molecule has 0 atom stereocenters. The van der Waals surface area contributed by atoms with E-state index in [2.05, 4.69) is 21.4 Å². The van der Waals surface area contributed by atoms with Crippen LogP contribution < -0.4 is 4.74 Å². The fourth-order valence-electron chi connectivity index (χ4n) is 1.52. The van der Waals surface area contributed by atoms with E-state index >= 15 is 0 Å². The summed E-state index contributed by atoms with van der Waals surface area (Å²) < 4.78 is 28.6. The summed E-state index contributed by atoms with van der Waals surface area (Å²) in [5, 5.41) is 0.520. The molecule has 0 spiro atoms. The number of hydrogen-bond acceptors (Lipinski definition) is 3. The molecule has 0 N–H and O–H groups in total. The Morgan fingerprint density at radius 3 is 2.79 bits per heavy atom. The van der Waals surface area contributed by atoms with Crippen LogP contribution in [-0.2, 0) is 0 Å². The van der Waals surface area contributed by atoms with E-state index in [1.54, 1.807) is 0 Å². The lowest BCUT2D eigenvalue weighted by Gasteiger charge is -2.08. The Labute approximate surface area is 111 Å². The third-order valence-electron chi connectivity index (χ3n) is 2.34. The molecule has 7 heteroatoms. The number of rotatable bonds is 3. The Morgan fingerprint density at radius 2 is 2.16 bits per heavy atom. The van der Waals surface area contributed by atoms with E-state index in [1.807, 2.05) is 0 Å². The summed E-state index contributed by atoms with van der Waals surface area (Å²) in [6, 6.07) is 4.16. The van der Waals surface area contributed by atoms with Crippen LogP contribution in [0.4, 0.5) is 8.78 Å². The molecule has 1 heterocycles. The summed E-state index contributed by atoms with van der Waals surface area (Å²) in [6.45, 7) is 0.153. The first-order chi connectivity index (χ1) is 9.01. The highest BCUT2D eigenvalue weighted by Crippen LogP contribution is 2.30. The smallest absolute Gasteiger partial charge is 0.387 e. The average Bonchev–Trinajstić information content (AvgIpc) is 2.37. The molecule has 0 fully saturated rings. The van der Waals surface area contributed by atoms with E-state index in [-0.39, 0.29) is 16.3 Å². The molecule has 1 aromatic heterocycles. The normalized spacial score (nSPS) is 10.7. The van der Waals surface area contributed by atoms with Gasteiger partial charge in [-0.2, -0.15) is 8.78 Å². The second-order valence-electron chi connectivity index (χ2n) is 3.54. The van der Waals surface area contributed by atoms with Crippen LogP contribution in [0.15, 0.2) is 29.4 Å². The van der Waals surface area contributed by atoms with Crippen LogP contribution in [-0.4, -0.2) is 24.2 Å². The lowest BCUT2D eigenvalue weighted by molar-refractivity contribution is -0.0497. The number of amides is 1. The van der Waals surface area contributed by atoms with Crippen molar-refractivity contribution < 1.29 is 18.3 Å². The van der Waals surface area contributed by atoms with Crippen LogP contribution >= 0.6 is 11.6 Å². The van der Waals surface area contributed by atoms with Crippen molar-refractivity contribution in [2.75, 3.05) is 0 Å². The average molecular weight is 285 g/mol. The van der Waals surface area contributed by atoms with Crippen molar-refractivity contribution in [2.24, 2.45) is 4.99 Å². The summed E-state index contributed by atoms with van der Waals surface area (Å²) in [7, 11) is 0. The minimum Gasteiger partial charge on any atom is -0.433 e. The Kier molecular flexibility index (Phi) is 3.71. The van der Waals surface area contributed by atoms with Crippen LogP contribution in [0, 0.1) is 0 Å². The molecule has 4 nitrogen and oxygen atoms in total. The predicted molar refractivity (Wildman–Crippen MR) is 67.3 cm³/mol. The van der Waals surface area contributed by atoms with Crippen molar-refractivity contribution >= 4 is 35.1 Å². The largest absolute Gasteiger partial charge is 0.433 e. The van der Waals surface area contributed by atoms with Crippen LogP contribution in [0.2, 0.25) is 5.02 Å². The number of halogens is 3. The quantitative estimate of drug-likeness (QED) is 0.812. The Hall–Kier alpha value is -2.08. The number of aromatic nitrogens is 1. The molecule has 0 bridgehead atoms. The number of alkyl halides is 2. The van der Waals surface area contributed by atoms with E-state index < -0.39 is 12.5 Å². The van der Waals surface area contributed by atoms with Crippen molar-refractivity contribution in [2.45, 2.75) is 6.61 Å². The van der Waals surface area contributed by atoms with Gasteiger partial charge in [0.15, 0.2) is 0 Å². The molecule has 0 unspecified atom stereocenters. The van der Waals surface area contributed by atoms with Gasteiger partial charge in [0.25, 0.3) is 5.91 Å². The van der Waals surface area contributed by atoms with Crippen LogP contribution in [0.5, 0.6) is 5.75 Å². The molecule has 0 aliphatic carbocycles. The minimum absolute atomic E-state index is 0.00533. The van der Waals surface area contributed by atoms with Gasteiger partial charge >= 0.3 is 6.61 Å². The molecule has 0 aliphatic rings. The van der Waals surface area contributed by atoms with Gasteiger partial charge in [0.1, 0.15) is 5.75 Å². The predicted octanol–water partition coefficient (Wildman–Crippen LogP) is 3.33. The van der Waals surface area contributed by atoms with E-state index in [9.17, 15) is 13.6 Å². The zero-order valence-electron chi connectivity index (χ0n) is 9.44.